The van der Waals surface area contributed by atoms with Crippen molar-refractivity contribution in [3.8, 4) is 0 Å². The Morgan fingerprint density at radius 1 is 0.968 bits per heavy atom. The van der Waals surface area contributed by atoms with E-state index >= 15 is 0 Å². The number of rotatable bonds is 4. The SMILES string of the molecule is Cc1ccc(S(=O)(=O)n2c(NC(C)(C)C)c(N3CCCCC3)c3ccc(Cl)cc32)cc1. The molecule has 31 heavy (non-hydrogen) atoms. The highest BCUT2D eigenvalue weighted by molar-refractivity contribution is 7.90. The van der Waals surface area contributed by atoms with Crippen LogP contribution in [0.2, 0.25) is 5.02 Å². The second-order valence-electron chi connectivity index (χ2n) is 9.36. The Morgan fingerprint density at radius 2 is 1.61 bits per heavy atom. The molecular formula is C24H30ClN3O2S. The van der Waals surface area contributed by atoms with Crippen molar-refractivity contribution in [3.63, 3.8) is 0 Å². The molecule has 1 aromatic heterocycles. The third-order valence-corrected chi connectivity index (χ3v) is 7.55. The van der Waals surface area contributed by atoms with Gasteiger partial charge >= 0.3 is 0 Å². The van der Waals surface area contributed by atoms with Crippen LogP contribution in [0.1, 0.15) is 45.6 Å². The van der Waals surface area contributed by atoms with Crippen LogP contribution >= 0.6 is 11.6 Å². The zero-order valence-corrected chi connectivity index (χ0v) is 20.1. The Morgan fingerprint density at radius 3 is 2.23 bits per heavy atom. The van der Waals surface area contributed by atoms with Crippen LogP contribution in [0.5, 0.6) is 0 Å². The Balaban J connectivity index is 2.06. The van der Waals surface area contributed by atoms with Crippen molar-refractivity contribution in [1.82, 2.24) is 3.97 Å². The Labute approximate surface area is 190 Å². The molecule has 0 radical (unpaired) electrons. The number of nitrogens with zero attached hydrogens (tertiary/aromatic N) is 2. The van der Waals surface area contributed by atoms with Crippen molar-refractivity contribution in [2.45, 2.75) is 57.4 Å². The molecule has 0 amide bonds. The molecule has 0 aliphatic carbocycles. The second kappa shape index (κ2) is 8.06. The summed E-state index contributed by atoms with van der Waals surface area (Å²) in [6, 6.07) is 12.5. The van der Waals surface area contributed by atoms with Crippen LogP contribution in [0.25, 0.3) is 10.9 Å². The number of aromatic nitrogens is 1. The van der Waals surface area contributed by atoms with Gasteiger partial charge in [0, 0.05) is 29.0 Å². The molecule has 0 saturated carbocycles. The topological polar surface area (TPSA) is 54.3 Å². The van der Waals surface area contributed by atoms with Crippen molar-refractivity contribution < 1.29 is 8.42 Å². The molecule has 7 heteroatoms. The molecule has 1 saturated heterocycles. The highest BCUT2D eigenvalue weighted by Gasteiger charge is 2.32. The average Bonchev–Trinajstić information content (AvgIpc) is 3.00. The number of hydrogen-bond acceptors (Lipinski definition) is 4. The van der Waals surface area contributed by atoms with Crippen LogP contribution in [0, 0.1) is 6.92 Å². The molecule has 1 aliphatic heterocycles. The van der Waals surface area contributed by atoms with Crippen molar-refractivity contribution in [2.24, 2.45) is 0 Å². The summed E-state index contributed by atoms with van der Waals surface area (Å²) < 4.78 is 29.3. The quantitative estimate of drug-likeness (QED) is 0.516. The van der Waals surface area contributed by atoms with Gasteiger partial charge < -0.3 is 10.2 Å². The van der Waals surface area contributed by atoms with Gasteiger partial charge in [-0.1, -0.05) is 29.3 Å². The molecule has 0 spiro atoms. The van der Waals surface area contributed by atoms with Crippen molar-refractivity contribution in [3.05, 3.63) is 53.1 Å². The third kappa shape index (κ3) is 4.28. The van der Waals surface area contributed by atoms with E-state index in [-0.39, 0.29) is 10.4 Å². The maximum Gasteiger partial charge on any atom is 0.269 e. The number of piperidine rings is 1. The fourth-order valence-electron chi connectivity index (χ4n) is 4.19. The van der Waals surface area contributed by atoms with Crippen LogP contribution < -0.4 is 10.2 Å². The maximum absolute atomic E-state index is 13.9. The van der Waals surface area contributed by atoms with Crippen LogP contribution in [-0.2, 0) is 10.0 Å². The predicted molar refractivity (Wildman–Crippen MR) is 130 cm³/mol. The monoisotopic (exact) mass is 459 g/mol. The second-order valence-corrected chi connectivity index (χ2v) is 11.6. The molecule has 4 rings (SSSR count). The fraction of sp³-hybridized carbons (Fsp3) is 0.417. The summed E-state index contributed by atoms with van der Waals surface area (Å²) in [6.45, 7) is 9.89. The van der Waals surface area contributed by atoms with E-state index in [0.717, 1.165) is 42.6 Å². The summed E-state index contributed by atoms with van der Waals surface area (Å²) >= 11 is 6.35. The van der Waals surface area contributed by atoms with Crippen LogP contribution in [-0.4, -0.2) is 31.0 Å². The van der Waals surface area contributed by atoms with E-state index in [1.54, 1.807) is 18.2 Å². The van der Waals surface area contributed by atoms with Crippen LogP contribution in [0.15, 0.2) is 47.4 Å². The lowest BCUT2D eigenvalue weighted by Gasteiger charge is -2.32. The summed E-state index contributed by atoms with van der Waals surface area (Å²) in [5, 5.41) is 4.92. The first-order valence-electron chi connectivity index (χ1n) is 10.8. The summed E-state index contributed by atoms with van der Waals surface area (Å²) in [4.78, 5) is 2.58. The minimum absolute atomic E-state index is 0.261. The van der Waals surface area contributed by atoms with Crippen LogP contribution in [0.3, 0.4) is 0 Å². The van der Waals surface area contributed by atoms with E-state index in [2.05, 4.69) is 10.2 Å². The van der Waals surface area contributed by atoms with Crippen molar-refractivity contribution in [2.75, 3.05) is 23.3 Å². The van der Waals surface area contributed by atoms with Gasteiger partial charge in [0.1, 0.15) is 5.82 Å². The molecule has 0 bridgehead atoms. The van der Waals surface area contributed by atoms with Gasteiger partial charge in [0.05, 0.1) is 16.1 Å². The van der Waals surface area contributed by atoms with Gasteiger partial charge in [0.15, 0.2) is 0 Å². The Kier molecular flexibility index (Phi) is 5.73. The van der Waals surface area contributed by atoms with E-state index in [1.807, 2.05) is 52.0 Å². The van der Waals surface area contributed by atoms with E-state index in [1.165, 1.54) is 10.4 Å². The summed E-state index contributed by atoms with van der Waals surface area (Å²) in [5.41, 5.74) is 2.22. The third-order valence-electron chi connectivity index (χ3n) is 5.59. The number of halogens is 1. The molecule has 166 valence electrons. The molecule has 2 aromatic carbocycles. The highest BCUT2D eigenvalue weighted by atomic mass is 35.5. The van der Waals surface area contributed by atoms with Gasteiger partial charge in [-0.3, -0.25) is 0 Å². The first kappa shape index (κ1) is 22.0. The van der Waals surface area contributed by atoms with Crippen LogP contribution in [0.4, 0.5) is 11.5 Å². The summed E-state index contributed by atoms with van der Waals surface area (Å²) in [7, 11) is -3.85. The molecule has 3 aromatic rings. The first-order valence-corrected chi connectivity index (χ1v) is 12.6. The summed E-state index contributed by atoms with van der Waals surface area (Å²) in [5.74, 6) is 0.604. The normalized spacial score (nSPS) is 15.5. The van der Waals surface area contributed by atoms with E-state index in [0.29, 0.717) is 16.4 Å². The molecule has 1 fully saturated rings. The Hall–Kier alpha value is -2.18. The fourth-order valence-corrected chi connectivity index (χ4v) is 5.83. The van der Waals surface area contributed by atoms with Gasteiger partial charge in [-0.2, -0.15) is 0 Å². The number of nitrogens with one attached hydrogen (secondary N) is 1. The average molecular weight is 460 g/mol. The number of fused-ring (bicyclic) bond motifs is 1. The number of benzene rings is 2. The standard InChI is InChI=1S/C24H30ClN3O2S/c1-17-8-11-19(12-9-17)31(29,30)28-21-16-18(25)10-13-20(21)22(23(28)26-24(2,3)4)27-14-6-5-7-15-27/h8-13,16,26H,5-7,14-15H2,1-4H3. The van der Waals surface area contributed by atoms with E-state index in [9.17, 15) is 8.42 Å². The Bertz CT molecular complexity index is 1200. The number of aryl methyl sites for hydroxylation is 1. The number of anilines is 2. The summed E-state index contributed by atoms with van der Waals surface area (Å²) in [6.07, 6.45) is 3.39. The van der Waals surface area contributed by atoms with Crippen molar-refractivity contribution >= 4 is 44.0 Å². The number of hydrogen-bond donors (Lipinski definition) is 1. The minimum Gasteiger partial charge on any atom is -0.368 e. The van der Waals surface area contributed by atoms with Gasteiger partial charge in [0.25, 0.3) is 10.0 Å². The van der Waals surface area contributed by atoms with Gasteiger partial charge in [-0.05, 0) is 77.3 Å². The molecule has 1 N–H and O–H groups in total. The largest absolute Gasteiger partial charge is 0.368 e. The van der Waals surface area contributed by atoms with E-state index < -0.39 is 10.0 Å². The zero-order chi connectivity index (χ0) is 22.4. The van der Waals surface area contributed by atoms with Gasteiger partial charge in [0.2, 0.25) is 0 Å². The molecular weight excluding hydrogens is 430 g/mol. The molecule has 5 nitrogen and oxygen atoms in total. The van der Waals surface area contributed by atoms with Gasteiger partial charge in [-0.15, -0.1) is 0 Å². The smallest absolute Gasteiger partial charge is 0.269 e. The lowest BCUT2D eigenvalue weighted by atomic mass is 10.1. The van der Waals surface area contributed by atoms with Crippen molar-refractivity contribution in [1.29, 1.82) is 0 Å². The minimum atomic E-state index is -3.85. The highest BCUT2D eigenvalue weighted by Crippen LogP contribution is 2.43. The molecule has 1 aliphatic rings. The predicted octanol–water partition coefficient (Wildman–Crippen LogP) is 6.04. The van der Waals surface area contributed by atoms with Gasteiger partial charge in [-0.25, -0.2) is 12.4 Å². The lowest BCUT2D eigenvalue weighted by Crippen LogP contribution is -2.33. The zero-order valence-electron chi connectivity index (χ0n) is 18.6. The molecule has 0 atom stereocenters. The molecule has 2 heterocycles. The lowest BCUT2D eigenvalue weighted by molar-refractivity contribution is 0.575. The maximum atomic E-state index is 13.9. The first-order chi connectivity index (χ1) is 14.6. The van der Waals surface area contributed by atoms with E-state index in [4.69, 9.17) is 11.6 Å². The molecule has 0 unspecified atom stereocenters.